The fourth-order valence-electron chi connectivity index (χ4n) is 1.72. The zero-order chi connectivity index (χ0) is 15.2. The Morgan fingerprint density at radius 2 is 2.29 bits per heavy atom. The van der Waals surface area contributed by atoms with Crippen LogP contribution in [0.2, 0.25) is 0 Å². The van der Waals surface area contributed by atoms with E-state index in [9.17, 15) is 4.79 Å². The molecule has 0 radical (unpaired) electrons. The fraction of sp³-hybridized carbons (Fsp3) is 0.286. The summed E-state index contributed by atoms with van der Waals surface area (Å²) in [7, 11) is 0. The molecule has 0 aliphatic heterocycles. The molecule has 0 saturated heterocycles. The molecule has 1 aromatic heterocycles. The average molecular weight is 354 g/mol. The number of nitrogens with zero attached hydrogens (tertiary/aromatic N) is 2. The van der Waals surface area contributed by atoms with Crippen LogP contribution in [0.25, 0.3) is 0 Å². The second-order valence-electron chi connectivity index (χ2n) is 4.22. The van der Waals surface area contributed by atoms with Gasteiger partial charge in [0.2, 0.25) is 0 Å². The van der Waals surface area contributed by atoms with Crippen molar-refractivity contribution in [2.24, 2.45) is 0 Å². The van der Waals surface area contributed by atoms with E-state index in [1.54, 1.807) is 17.8 Å². The zero-order valence-electron chi connectivity index (χ0n) is 11.6. The molecular weight excluding hydrogens is 338 g/mol. The summed E-state index contributed by atoms with van der Waals surface area (Å²) in [6, 6.07) is 7.56. The van der Waals surface area contributed by atoms with Crippen molar-refractivity contribution in [1.82, 2.24) is 9.78 Å². The van der Waals surface area contributed by atoms with Crippen LogP contribution in [0.1, 0.15) is 17.4 Å². The Morgan fingerprint density at radius 3 is 3.00 bits per heavy atom. The molecule has 0 spiro atoms. The molecule has 1 heterocycles. The molecule has 0 atom stereocenters. The molecule has 6 nitrogen and oxygen atoms in total. The molecule has 1 aromatic carbocycles. The Balaban J connectivity index is 1.92. The Labute approximate surface area is 131 Å². The van der Waals surface area contributed by atoms with Crippen molar-refractivity contribution in [3.8, 4) is 5.75 Å². The number of rotatable bonds is 6. The summed E-state index contributed by atoms with van der Waals surface area (Å²) in [6.45, 7) is 2.92. The smallest absolute Gasteiger partial charge is 0.361 e. The fourth-order valence-corrected chi connectivity index (χ4v) is 2.10. The van der Waals surface area contributed by atoms with E-state index in [2.05, 4.69) is 21.0 Å². The predicted octanol–water partition coefficient (Wildman–Crippen LogP) is 2.48. The van der Waals surface area contributed by atoms with Crippen LogP contribution in [-0.2, 0) is 11.3 Å². The van der Waals surface area contributed by atoms with E-state index in [0.717, 1.165) is 10.2 Å². The molecule has 0 aliphatic rings. The van der Waals surface area contributed by atoms with Crippen LogP contribution in [0.5, 0.6) is 5.75 Å². The van der Waals surface area contributed by atoms with Crippen molar-refractivity contribution in [3.05, 3.63) is 40.6 Å². The Kier molecular flexibility index (Phi) is 5.21. The lowest BCUT2D eigenvalue weighted by molar-refractivity contribution is 0.0519. The molecule has 0 fully saturated rings. The molecule has 0 unspecified atom stereocenters. The number of hydrogen-bond acceptors (Lipinski definition) is 5. The van der Waals surface area contributed by atoms with E-state index in [-0.39, 0.29) is 12.3 Å². The minimum absolute atomic E-state index is 0.138. The third kappa shape index (κ3) is 4.22. The first-order chi connectivity index (χ1) is 10.1. The molecule has 0 amide bonds. The Bertz CT molecular complexity index is 628. The van der Waals surface area contributed by atoms with Crippen LogP contribution < -0.4 is 10.5 Å². The second-order valence-corrected chi connectivity index (χ2v) is 5.14. The molecule has 2 rings (SSSR count). The van der Waals surface area contributed by atoms with Gasteiger partial charge in [0.05, 0.1) is 18.8 Å². The normalized spacial score (nSPS) is 10.4. The number of esters is 1. The van der Waals surface area contributed by atoms with Gasteiger partial charge in [-0.05, 0) is 25.1 Å². The maximum absolute atomic E-state index is 11.6. The first-order valence-electron chi connectivity index (χ1n) is 6.48. The summed E-state index contributed by atoms with van der Waals surface area (Å²) in [5.74, 6) is 0.247. The molecule has 0 bridgehead atoms. The number of carbonyl (C=O) groups excluding carboxylic acids is 1. The van der Waals surface area contributed by atoms with Crippen LogP contribution in [0.4, 0.5) is 5.69 Å². The molecule has 0 aliphatic carbocycles. The van der Waals surface area contributed by atoms with Gasteiger partial charge in [-0.25, -0.2) is 4.79 Å². The number of benzene rings is 1. The maximum atomic E-state index is 11.6. The molecule has 2 aromatic rings. The third-order valence-corrected chi connectivity index (χ3v) is 3.14. The second kappa shape index (κ2) is 7.12. The largest absolute Gasteiger partial charge is 0.492 e. The number of carbonyl (C=O) groups is 1. The number of hydrogen-bond donors (Lipinski definition) is 1. The number of anilines is 1. The topological polar surface area (TPSA) is 79.4 Å². The number of aromatic nitrogens is 2. The van der Waals surface area contributed by atoms with E-state index in [0.29, 0.717) is 18.8 Å². The summed E-state index contributed by atoms with van der Waals surface area (Å²) in [5, 5.41) is 4.10. The van der Waals surface area contributed by atoms with Crippen molar-refractivity contribution >= 4 is 27.6 Å². The van der Waals surface area contributed by atoms with E-state index < -0.39 is 5.97 Å². The minimum atomic E-state index is -0.512. The summed E-state index contributed by atoms with van der Waals surface area (Å²) in [4.78, 5) is 11.6. The highest BCUT2D eigenvalue weighted by molar-refractivity contribution is 9.10. The van der Waals surface area contributed by atoms with Crippen LogP contribution in [0, 0.1) is 0 Å². The first-order valence-corrected chi connectivity index (χ1v) is 7.28. The first kappa shape index (κ1) is 15.4. The monoisotopic (exact) mass is 353 g/mol. The zero-order valence-corrected chi connectivity index (χ0v) is 13.2. The lowest BCUT2D eigenvalue weighted by Gasteiger charge is -2.06. The van der Waals surface area contributed by atoms with Gasteiger partial charge in [0.25, 0.3) is 0 Å². The predicted molar refractivity (Wildman–Crippen MR) is 82.2 cm³/mol. The van der Waals surface area contributed by atoms with Crippen molar-refractivity contribution < 1.29 is 14.3 Å². The van der Waals surface area contributed by atoms with Gasteiger partial charge in [0.15, 0.2) is 5.69 Å². The van der Waals surface area contributed by atoms with E-state index in [4.69, 9.17) is 15.2 Å². The molecule has 0 saturated carbocycles. The molecule has 7 heteroatoms. The van der Waals surface area contributed by atoms with Gasteiger partial charge in [0.1, 0.15) is 12.4 Å². The van der Waals surface area contributed by atoms with Crippen LogP contribution in [-0.4, -0.2) is 29.0 Å². The number of ether oxygens (including phenoxy) is 2. The van der Waals surface area contributed by atoms with Gasteiger partial charge in [-0.3, -0.25) is 4.68 Å². The Hall–Kier alpha value is -2.02. The SMILES string of the molecule is CCOC(=O)c1nn(CCOc2cccc(Br)c2)cc1N. The van der Waals surface area contributed by atoms with Crippen molar-refractivity contribution in [2.45, 2.75) is 13.5 Å². The molecular formula is C14H16BrN3O3. The van der Waals surface area contributed by atoms with Gasteiger partial charge >= 0.3 is 5.97 Å². The summed E-state index contributed by atoms with van der Waals surface area (Å²) < 4.78 is 13.0. The van der Waals surface area contributed by atoms with E-state index in [1.807, 2.05) is 24.3 Å². The lowest BCUT2D eigenvalue weighted by Crippen LogP contribution is -2.11. The van der Waals surface area contributed by atoms with Gasteiger partial charge in [-0.15, -0.1) is 0 Å². The highest BCUT2D eigenvalue weighted by Gasteiger charge is 2.15. The summed E-state index contributed by atoms with van der Waals surface area (Å²) in [6.07, 6.45) is 1.59. The van der Waals surface area contributed by atoms with Gasteiger partial charge in [-0.1, -0.05) is 22.0 Å². The van der Waals surface area contributed by atoms with Crippen LogP contribution in [0.15, 0.2) is 34.9 Å². The standard InChI is InChI=1S/C14H16BrN3O3/c1-2-20-14(19)13-12(16)9-18(17-13)6-7-21-11-5-3-4-10(15)8-11/h3-5,8-9H,2,6-7,16H2,1H3. The van der Waals surface area contributed by atoms with Gasteiger partial charge in [-0.2, -0.15) is 5.10 Å². The lowest BCUT2D eigenvalue weighted by atomic mass is 10.3. The van der Waals surface area contributed by atoms with Crippen LogP contribution in [0.3, 0.4) is 0 Å². The average Bonchev–Trinajstić information content (AvgIpc) is 2.80. The molecule has 112 valence electrons. The highest BCUT2D eigenvalue weighted by atomic mass is 79.9. The number of halogens is 1. The molecule has 21 heavy (non-hydrogen) atoms. The summed E-state index contributed by atoms with van der Waals surface area (Å²) >= 11 is 3.38. The Morgan fingerprint density at radius 1 is 1.48 bits per heavy atom. The minimum Gasteiger partial charge on any atom is -0.492 e. The van der Waals surface area contributed by atoms with Gasteiger partial charge < -0.3 is 15.2 Å². The summed E-state index contributed by atoms with van der Waals surface area (Å²) in [5.41, 5.74) is 6.18. The van der Waals surface area contributed by atoms with Crippen LogP contribution >= 0.6 is 15.9 Å². The van der Waals surface area contributed by atoms with Crippen molar-refractivity contribution in [1.29, 1.82) is 0 Å². The van der Waals surface area contributed by atoms with Gasteiger partial charge in [0, 0.05) is 10.7 Å². The molecule has 2 N–H and O–H groups in total. The van der Waals surface area contributed by atoms with Crippen molar-refractivity contribution in [2.75, 3.05) is 18.9 Å². The van der Waals surface area contributed by atoms with E-state index >= 15 is 0 Å². The number of nitrogens with two attached hydrogens (primary N) is 1. The van der Waals surface area contributed by atoms with Crippen molar-refractivity contribution in [3.63, 3.8) is 0 Å². The third-order valence-electron chi connectivity index (χ3n) is 2.64. The highest BCUT2D eigenvalue weighted by Crippen LogP contribution is 2.17. The quantitative estimate of drug-likeness (QED) is 0.807. The number of nitrogen functional groups attached to an aromatic ring is 1. The van der Waals surface area contributed by atoms with E-state index in [1.165, 1.54) is 0 Å². The maximum Gasteiger partial charge on any atom is 0.361 e.